The summed E-state index contributed by atoms with van der Waals surface area (Å²) < 4.78 is 0. The van der Waals surface area contributed by atoms with Gasteiger partial charge in [-0.3, -0.25) is 0 Å². The van der Waals surface area contributed by atoms with Crippen LogP contribution in [-0.4, -0.2) is 0 Å². The van der Waals surface area contributed by atoms with E-state index in [4.69, 9.17) is 5.73 Å². The van der Waals surface area contributed by atoms with Crippen LogP contribution in [0.25, 0.3) is 0 Å². The Morgan fingerprint density at radius 1 is 0.621 bits per heavy atom. The third-order valence-corrected chi connectivity index (χ3v) is 6.01. The molecule has 0 saturated heterocycles. The van der Waals surface area contributed by atoms with Crippen LogP contribution in [0.2, 0.25) is 0 Å². The maximum absolute atomic E-state index is 6.32. The van der Waals surface area contributed by atoms with Crippen molar-refractivity contribution >= 4 is 17.0 Å². The minimum Gasteiger partial charge on any atom is -0.322 e. The van der Waals surface area contributed by atoms with E-state index in [1.54, 1.807) is 0 Å². The zero-order valence-corrected chi connectivity index (χ0v) is 21.5. The molecule has 0 amide bonds. The van der Waals surface area contributed by atoms with E-state index in [1.165, 1.54) is 120 Å². The summed E-state index contributed by atoms with van der Waals surface area (Å²) in [6, 6.07) is 8.72. The van der Waals surface area contributed by atoms with E-state index >= 15 is 0 Å². The average molecular weight is 469 g/mol. The molecule has 0 heterocycles. The van der Waals surface area contributed by atoms with E-state index in [1.807, 2.05) is 0 Å². The van der Waals surface area contributed by atoms with E-state index in [0.717, 1.165) is 0 Å². The molecule has 0 unspecified atom stereocenters. The van der Waals surface area contributed by atoms with Crippen molar-refractivity contribution in [3.8, 4) is 0 Å². The van der Waals surface area contributed by atoms with Crippen LogP contribution in [0.5, 0.6) is 0 Å². The largest absolute Gasteiger partial charge is 0.322 e. The predicted molar refractivity (Wildman–Crippen MR) is 137 cm³/mol. The summed E-state index contributed by atoms with van der Waals surface area (Å²) in [7, 11) is 0. The monoisotopic (exact) mass is 467 g/mol. The molecular weight excluding hydrogens is 418 g/mol. The Morgan fingerprint density at radius 2 is 1.00 bits per heavy atom. The summed E-state index contributed by atoms with van der Waals surface area (Å²) in [5.41, 5.74) is 8.85. The Labute approximate surface area is 193 Å². The van der Waals surface area contributed by atoms with Crippen LogP contribution in [0.4, 0.5) is 0 Å². The molecule has 29 heavy (non-hydrogen) atoms. The van der Waals surface area contributed by atoms with Crippen LogP contribution in [0, 0.1) is 0 Å². The fourth-order valence-corrected chi connectivity index (χ4v) is 4.23. The Kier molecular flexibility index (Phi) is 18.2. The van der Waals surface area contributed by atoms with Gasteiger partial charge in [0.1, 0.15) is 0 Å². The maximum atomic E-state index is 6.32. The summed E-state index contributed by atoms with van der Waals surface area (Å²) >= 11 is 0. The molecule has 0 saturated carbocycles. The van der Waals surface area contributed by atoms with Gasteiger partial charge >= 0.3 is 0 Å². The molecule has 2 N–H and O–H groups in total. The fraction of sp³-hybridized carbons (Fsp3) is 0.778. The normalized spacial score (nSPS) is 11.4. The second-order valence-corrected chi connectivity index (χ2v) is 9.43. The second kappa shape index (κ2) is 18.4. The van der Waals surface area contributed by atoms with Crippen LogP contribution >= 0.6 is 17.0 Å². The molecule has 1 aromatic rings. The number of aryl methyl sites for hydroxylation is 1. The van der Waals surface area contributed by atoms with Crippen molar-refractivity contribution in [3.63, 3.8) is 0 Å². The molecule has 0 atom stereocenters. The lowest BCUT2D eigenvalue weighted by molar-refractivity contribution is 0.527. The van der Waals surface area contributed by atoms with Crippen molar-refractivity contribution in [3.05, 3.63) is 35.4 Å². The highest BCUT2D eigenvalue weighted by molar-refractivity contribution is 8.93. The highest BCUT2D eigenvalue weighted by atomic mass is 79.9. The third kappa shape index (κ3) is 15.2. The summed E-state index contributed by atoms with van der Waals surface area (Å²) in [6.45, 7) is 6.52. The summed E-state index contributed by atoms with van der Waals surface area (Å²) in [5, 5.41) is 0. The van der Waals surface area contributed by atoms with E-state index < -0.39 is 0 Å². The molecule has 0 fully saturated rings. The molecule has 1 nitrogen and oxygen atoms in total. The Hall–Kier alpha value is -0.340. The number of hydrogen-bond donors (Lipinski definition) is 1. The van der Waals surface area contributed by atoms with Gasteiger partial charge in [0.15, 0.2) is 0 Å². The van der Waals surface area contributed by atoms with Crippen molar-refractivity contribution in [2.24, 2.45) is 5.73 Å². The van der Waals surface area contributed by atoms with E-state index in [9.17, 15) is 0 Å². The first-order chi connectivity index (χ1) is 13.6. The zero-order valence-electron chi connectivity index (χ0n) is 19.8. The highest BCUT2D eigenvalue weighted by Crippen LogP contribution is 2.23. The molecule has 0 spiro atoms. The molecule has 1 rings (SSSR count). The van der Waals surface area contributed by atoms with Crippen LogP contribution in [0.3, 0.4) is 0 Å². The smallest absolute Gasteiger partial charge is 0.0355 e. The van der Waals surface area contributed by atoms with Gasteiger partial charge in [-0.15, -0.1) is 17.0 Å². The number of unbranched alkanes of at least 4 members (excludes halogenated alkanes) is 15. The Balaban J connectivity index is 0.00000784. The third-order valence-electron chi connectivity index (χ3n) is 6.01. The van der Waals surface area contributed by atoms with E-state index in [2.05, 4.69) is 45.0 Å². The van der Waals surface area contributed by atoms with Gasteiger partial charge in [-0.1, -0.05) is 128 Å². The van der Waals surface area contributed by atoms with Crippen molar-refractivity contribution < 1.29 is 0 Å². The van der Waals surface area contributed by atoms with Gasteiger partial charge in [0.25, 0.3) is 0 Å². The first kappa shape index (κ1) is 28.7. The fourth-order valence-electron chi connectivity index (χ4n) is 4.23. The van der Waals surface area contributed by atoms with Crippen LogP contribution < -0.4 is 5.73 Å². The SMILES string of the molecule is Br.CCCCCCCCCCCCCCCCCCc1ccccc1C(C)(C)N. The molecule has 0 aliphatic heterocycles. The maximum Gasteiger partial charge on any atom is 0.0355 e. The first-order valence-electron chi connectivity index (χ1n) is 12.4. The van der Waals surface area contributed by atoms with Gasteiger partial charge in [-0.2, -0.15) is 0 Å². The van der Waals surface area contributed by atoms with Crippen LogP contribution in [-0.2, 0) is 12.0 Å². The number of hydrogen-bond acceptors (Lipinski definition) is 1. The van der Waals surface area contributed by atoms with E-state index in [0.29, 0.717) is 0 Å². The standard InChI is InChI=1S/C27H49N.BrH/c1-4-5-6-7-8-9-10-11-12-13-14-15-16-17-18-19-22-25-23-20-21-24-26(25)27(2,3)28;/h20-21,23-24H,4-19,22,28H2,1-3H3;1H. The lowest BCUT2D eigenvalue weighted by Crippen LogP contribution is -2.30. The zero-order chi connectivity index (χ0) is 20.5. The van der Waals surface area contributed by atoms with Gasteiger partial charge in [0, 0.05) is 5.54 Å². The van der Waals surface area contributed by atoms with E-state index in [-0.39, 0.29) is 22.5 Å². The van der Waals surface area contributed by atoms with Gasteiger partial charge in [0.05, 0.1) is 0 Å². The molecule has 0 aliphatic rings. The topological polar surface area (TPSA) is 26.0 Å². The lowest BCUT2D eigenvalue weighted by Gasteiger charge is -2.23. The molecule has 2 heteroatoms. The predicted octanol–water partition coefficient (Wildman–Crippen LogP) is 9.26. The van der Waals surface area contributed by atoms with Gasteiger partial charge in [-0.25, -0.2) is 0 Å². The van der Waals surface area contributed by atoms with Crippen molar-refractivity contribution in [1.29, 1.82) is 0 Å². The minimum atomic E-state index is -0.231. The van der Waals surface area contributed by atoms with Crippen molar-refractivity contribution in [2.45, 2.75) is 135 Å². The van der Waals surface area contributed by atoms with Gasteiger partial charge < -0.3 is 5.73 Å². The van der Waals surface area contributed by atoms with Gasteiger partial charge in [0.2, 0.25) is 0 Å². The average Bonchev–Trinajstić information content (AvgIpc) is 2.67. The van der Waals surface area contributed by atoms with Crippen LogP contribution in [0.15, 0.2) is 24.3 Å². The molecule has 0 aliphatic carbocycles. The molecule has 0 aromatic heterocycles. The Bertz CT molecular complexity index is 478. The second-order valence-electron chi connectivity index (χ2n) is 9.43. The highest BCUT2D eigenvalue weighted by Gasteiger charge is 2.17. The molecule has 0 radical (unpaired) electrons. The first-order valence-corrected chi connectivity index (χ1v) is 12.4. The molecule has 1 aromatic carbocycles. The summed E-state index contributed by atoms with van der Waals surface area (Å²) in [5.74, 6) is 0. The molecular formula is C27H50BrN. The number of benzene rings is 1. The number of halogens is 1. The van der Waals surface area contributed by atoms with Crippen LogP contribution in [0.1, 0.15) is 135 Å². The quantitative estimate of drug-likeness (QED) is 0.213. The summed E-state index contributed by atoms with van der Waals surface area (Å²) in [6.07, 6.45) is 24.0. The number of rotatable bonds is 18. The molecule has 0 bridgehead atoms. The minimum absolute atomic E-state index is 0. The Morgan fingerprint density at radius 3 is 1.41 bits per heavy atom. The lowest BCUT2D eigenvalue weighted by atomic mass is 9.89. The summed E-state index contributed by atoms with van der Waals surface area (Å²) in [4.78, 5) is 0. The van der Waals surface area contributed by atoms with Crippen molar-refractivity contribution in [1.82, 2.24) is 0 Å². The van der Waals surface area contributed by atoms with Crippen molar-refractivity contribution in [2.75, 3.05) is 0 Å². The molecule has 170 valence electrons. The van der Waals surface area contributed by atoms with Gasteiger partial charge in [-0.05, 0) is 37.8 Å². The number of nitrogens with two attached hydrogens (primary N) is 1.